The lowest BCUT2D eigenvalue weighted by Crippen LogP contribution is -2.37. The highest BCUT2D eigenvalue weighted by molar-refractivity contribution is 5.71. The molecule has 1 unspecified atom stereocenters. The fourth-order valence-corrected chi connectivity index (χ4v) is 3.89. The first-order valence-corrected chi connectivity index (χ1v) is 11.9. The zero-order valence-electron chi connectivity index (χ0n) is 21.0. The quantitative estimate of drug-likeness (QED) is 0.456. The van der Waals surface area contributed by atoms with E-state index in [1.54, 1.807) is 11.1 Å². The van der Waals surface area contributed by atoms with E-state index in [1.807, 2.05) is 89.5 Å². The Morgan fingerprint density at radius 1 is 1.06 bits per heavy atom. The minimum Gasteiger partial charge on any atom is -0.443 e. The number of rotatable bonds is 5. The largest absolute Gasteiger partial charge is 0.443 e. The summed E-state index contributed by atoms with van der Waals surface area (Å²) in [6.07, 6.45) is 4.90. The van der Waals surface area contributed by atoms with Crippen molar-refractivity contribution >= 4 is 23.3 Å². The fourth-order valence-electron chi connectivity index (χ4n) is 3.89. The highest BCUT2D eigenvalue weighted by Gasteiger charge is 2.31. The van der Waals surface area contributed by atoms with Crippen LogP contribution in [0.4, 0.5) is 22.0 Å². The van der Waals surface area contributed by atoms with E-state index in [1.165, 1.54) is 0 Å². The van der Waals surface area contributed by atoms with Crippen LogP contribution in [0.1, 0.15) is 45.5 Å². The second-order valence-electron chi connectivity index (χ2n) is 9.80. The number of hydrogen-bond acceptors (Lipinski definition) is 6. The van der Waals surface area contributed by atoms with Gasteiger partial charge in [0.2, 0.25) is 0 Å². The van der Waals surface area contributed by atoms with Gasteiger partial charge in [-0.2, -0.15) is 0 Å². The van der Waals surface area contributed by atoms with Crippen molar-refractivity contribution in [2.45, 2.75) is 45.3 Å². The maximum absolute atomic E-state index is 13.0. The summed E-state index contributed by atoms with van der Waals surface area (Å²) < 4.78 is 5.67. The monoisotopic (exact) mass is 471 g/mol. The number of benzene rings is 2. The molecule has 1 N–H and O–H groups in total. The summed E-state index contributed by atoms with van der Waals surface area (Å²) in [6.45, 7) is 5.60. The van der Waals surface area contributed by atoms with Gasteiger partial charge in [0, 0.05) is 43.3 Å². The van der Waals surface area contributed by atoms with Crippen molar-refractivity contribution in [3.8, 4) is 11.3 Å². The van der Waals surface area contributed by atoms with Crippen LogP contribution in [0.2, 0.25) is 0 Å². The number of anilines is 3. The first-order valence-electron chi connectivity index (χ1n) is 11.9. The Labute approximate surface area is 207 Å². The number of hydrogen-bond donors (Lipinski definition) is 1. The van der Waals surface area contributed by atoms with Crippen molar-refractivity contribution < 1.29 is 9.53 Å². The van der Waals surface area contributed by atoms with Gasteiger partial charge < -0.3 is 15.0 Å². The first kappa shape index (κ1) is 24.3. The smallest absolute Gasteiger partial charge is 0.415 e. The van der Waals surface area contributed by atoms with Crippen LogP contribution in [-0.2, 0) is 4.74 Å². The Morgan fingerprint density at radius 3 is 2.54 bits per heavy atom. The normalized spacial score (nSPS) is 15.6. The van der Waals surface area contributed by atoms with Crippen LogP contribution in [0.3, 0.4) is 0 Å². The summed E-state index contributed by atoms with van der Waals surface area (Å²) in [5, 5.41) is 3.44. The Kier molecular flexibility index (Phi) is 7.05. The topological polar surface area (TPSA) is 70.6 Å². The molecule has 0 radical (unpaired) electrons. The van der Waals surface area contributed by atoms with Crippen molar-refractivity contribution in [2.24, 2.45) is 0 Å². The summed E-state index contributed by atoms with van der Waals surface area (Å²) in [4.78, 5) is 26.4. The molecular formula is C28H33N5O2. The maximum atomic E-state index is 13.0. The van der Waals surface area contributed by atoms with Crippen molar-refractivity contribution in [1.29, 1.82) is 0 Å². The van der Waals surface area contributed by atoms with Crippen molar-refractivity contribution in [2.75, 3.05) is 24.3 Å². The number of ether oxygens (including phenoxy) is 1. The predicted octanol–water partition coefficient (Wildman–Crippen LogP) is 6.54. The zero-order valence-corrected chi connectivity index (χ0v) is 21.0. The lowest BCUT2D eigenvalue weighted by Gasteiger charge is -2.32. The van der Waals surface area contributed by atoms with E-state index in [0.717, 1.165) is 29.1 Å². The first-order chi connectivity index (χ1) is 16.7. The highest BCUT2D eigenvalue weighted by Crippen LogP contribution is 2.32. The fraction of sp³-hybridized carbons (Fsp3) is 0.321. The van der Waals surface area contributed by atoms with Gasteiger partial charge in [-0.15, -0.1) is 0 Å². The number of amides is 1. The third-order valence-corrected chi connectivity index (χ3v) is 5.56. The lowest BCUT2D eigenvalue weighted by molar-refractivity contribution is 0.0241. The molecule has 1 amide bonds. The Bertz CT molecular complexity index is 1200. The van der Waals surface area contributed by atoms with Gasteiger partial charge in [-0.1, -0.05) is 42.5 Å². The number of carbonyl (C=O) groups is 1. The SMILES string of the molecule is CN(C)c1cccc(Nc2cc(-c3ccccc3)nc(C3CCC=CN3C(=O)OC(C)(C)C)n2)c1. The van der Waals surface area contributed by atoms with E-state index >= 15 is 0 Å². The number of nitrogens with zero attached hydrogens (tertiary/aromatic N) is 4. The van der Waals surface area contributed by atoms with E-state index in [2.05, 4.69) is 22.3 Å². The predicted molar refractivity (Wildman–Crippen MR) is 141 cm³/mol. The van der Waals surface area contributed by atoms with E-state index < -0.39 is 11.7 Å². The van der Waals surface area contributed by atoms with Gasteiger partial charge in [0.15, 0.2) is 5.82 Å². The second kappa shape index (κ2) is 10.2. The molecule has 1 aliphatic heterocycles. The van der Waals surface area contributed by atoms with E-state index in [0.29, 0.717) is 18.1 Å². The number of nitrogens with one attached hydrogen (secondary N) is 1. The van der Waals surface area contributed by atoms with Crippen LogP contribution in [0.25, 0.3) is 11.3 Å². The Morgan fingerprint density at radius 2 is 1.83 bits per heavy atom. The van der Waals surface area contributed by atoms with Crippen LogP contribution < -0.4 is 10.2 Å². The van der Waals surface area contributed by atoms with Crippen molar-refractivity contribution in [3.05, 3.63) is 78.8 Å². The van der Waals surface area contributed by atoms with Gasteiger partial charge in [0.25, 0.3) is 0 Å². The molecule has 1 atom stereocenters. The third kappa shape index (κ3) is 6.18. The zero-order chi connectivity index (χ0) is 25.0. The molecule has 7 nitrogen and oxygen atoms in total. The van der Waals surface area contributed by atoms with Crippen LogP contribution >= 0.6 is 0 Å². The molecule has 0 aliphatic carbocycles. The molecular weight excluding hydrogens is 438 g/mol. The molecule has 0 saturated heterocycles. The maximum Gasteiger partial charge on any atom is 0.415 e. The van der Waals surface area contributed by atoms with Gasteiger partial charge in [-0.3, -0.25) is 4.90 Å². The molecule has 35 heavy (non-hydrogen) atoms. The lowest BCUT2D eigenvalue weighted by atomic mass is 10.1. The Balaban J connectivity index is 1.74. The summed E-state index contributed by atoms with van der Waals surface area (Å²) in [7, 11) is 4.02. The number of aromatic nitrogens is 2. The number of carbonyl (C=O) groups excluding carboxylic acids is 1. The van der Waals surface area contributed by atoms with E-state index in [-0.39, 0.29) is 6.04 Å². The average molecular weight is 472 g/mol. The van der Waals surface area contributed by atoms with Gasteiger partial charge in [0.05, 0.1) is 11.7 Å². The van der Waals surface area contributed by atoms with E-state index in [9.17, 15) is 4.79 Å². The summed E-state index contributed by atoms with van der Waals surface area (Å²) in [6, 6.07) is 19.8. The molecule has 3 aromatic rings. The second-order valence-corrected chi connectivity index (χ2v) is 9.80. The van der Waals surface area contributed by atoms with Crippen LogP contribution in [-0.4, -0.2) is 40.7 Å². The Hall–Kier alpha value is -3.87. The molecule has 1 aliphatic rings. The molecule has 7 heteroatoms. The molecule has 2 heterocycles. The summed E-state index contributed by atoms with van der Waals surface area (Å²) >= 11 is 0. The van der Waals surface area contributed by atoms with Gasteiger partial charge in [-0.05, 0) is 51.8 Å². The standard InChI is InChI=1S/C28H33N5O2/c1-28(2,3)35-27(34)33-17-10-9-16-24(33)26-30-23(20-12-7-6-8-13-20)19-25(31-26)29-21-14-11-15-22(18-21)32(4)5/h6-8,10-15,17-19,24H,9,16H2,1-5H3,(H,29,30,31). The molecule has 4 rings (SSSR count). The minimum absolute atomic E-state index is 0.327. The average Bonchev–Trinajstić information content (AvgIpc) is 2.83. The molecule has 0 saturated carbocycles. The summed E-state index contributed by atoms with van der Waals surface area (Å²) in [5.74, 6) is 1.25. The third-order valence-electron chi connectivity index (χ3n) is 5.56. The highest BCUT2D eigenvalue weighted by atomic mass is 16.6. The number of allylic oxidation sites excluding steroid dienone is 1. The van der Waals surface area contributed by atoms with Gasteiger partial charge in [-0.25, -0.2) is 14.8 Å². The molecule has 2 aromatic carbocycles. The molecule has 1 aromatic heterocycles. The molecule has 0 spiro atoms. The van der Waals surface area contributed by atoms with Gasteiger partial charge in [0.1, 0.15) is 11.4 Å². The van der Waals surface area contributed by atoms with Crippen LogP contribution in [0.15, 0.2) is 72.9 Å². The molecule has 0 bridgehead atoms. The van der Waals surface area contributed by atoms with Gasteiger partial charge >= 0.3 is 6.09 Å². The van der Waals surface area contributed by atoms with E-state index in [4.69, 9.17) is 14.7 Å². The molecule has 0 fully saturated rings. The van der Waals surface area contributed by atoms with Crippen molar-refractivity contribution in [1.82, 2.24) is 14.9 Å². The minimum atomic E-state index is -0.593. The summed E-state index contributed by atoms with van der Waals surface area (Å²) in [5.41, 5.74) is 3.19. The molecule has 182 valence electrons. The van der Waals surface area contributed by atoms with Crippen LogP contribution in [0, 0.1) is 0 Å². The van der Waals surface area contributed by atoms with Crippen molar-refractivity contribution in [3.63, 3.8) is 0 Å². The van der Waals surface area contributed by atoms with Crippen LogP contribution in [0.5, 0.6) is 0 Å².